The highest BCUT2D eigenvalue weighted by Gasteiger charge is 2.22. The number of benzene rings is 1. The van der Waals surface area contributed by atoms with Crippen molar-refractivity contribution in [3.8, 4) is 5.75 Å². The second kappa shape index (κ2) is 9.62. The highest BCUT2D eigenvalue weighted by Crippen LogP contribution is 2.29. The van der Waals surface area contributed by atoms with Gasteiger partial charge in [0.25, 0.3) is 5.91 Å². The molecule has 0 atom stereocenters. The number of likely N-dealkylation sites (N-methyl/N-ethyl adjacent to an activating group) is 1. The molecule has 1 fully saturated rings. The van der Waals surface area contributed by atoms with Crippen molar-refractivity contribution >= 4 is 5.91 Å². The standard InChI is InChI=1S/C21H32N2O2/c1-5-8-17-15-19(21(24)23-12-10-22(4)11-13-23)16-18(9-6-2)20(17)25-14-7-3/h7,15-16H,3,5-6,8-14H2,1-2,4H3. The molecule has 0 spiro atoms. The summed E-state index contributed by atoms with van der Waals surface area (Å²) in [6.07, 6.45) is 5.68. The number of carbonyl (C=O) groups is 1. The molecule has 0 unspecified atom stereocenters. The molecule has 0 N–H and O–H groups in total. The van der Waals surface area contributed by atoms with E-state index in [1.807, 2.05) is 17.0 Å². The van der Waals surface area contributed by atoms with Crippen LogP contribution in [0, 0.1) is 0 Å². The molecular formula is C21H32N2O2. The van der Waals surface area contributed by atoms with Crippen molar-refractivity contribution in [1.82, 2.24) is 9.80 Å². The van der Waals surface area contributed by atoms with Crippen molar-refractivity contribution in [3.05, 3.63) is 41.5 Å². The van der Waals surface area contributed by atoms with E-state index in [0.29, 0.717) is 6.61 Å². The van der Waals surface area contributed by atoms with Gasteiger partial charge >= 0.3 is 0 Å². The third-order valence-electron chi connectivity index (χ3n) is 4.66. The van der Waals surface area contributed by atoms with Crippen LogP contribution >= 0.6 is 0 Å². The summed E-state index contributed by atoms with van der Waals surface area (Å²) in [4.78, 5) is 17.2. The van der Waals surface area contributed by atoms with E-state index in [2.05, 4.69) is 32.4 Å². The smallest absolute Gasteiger partial charge is 0.253 e. The van der Waals surface area contributed by atoms with Gasteiger partial charge in [-0.05, 0) is 43.1 Å². The lowest BCUT2D eigenvalue weighted by atomic mass is 9.97. The molecule has 1 saturated heterocycles. The van der Waals surface area contributed by atoms with E-state index in [-0.39, 0.29) is 5.91 Å². The van der Waals surface area contributed by atoms with Gasteiger partial charge in [0.1, 0.15) is 12.4 Å². The quantitative estimate of drug-likeness (QED) is 0.676. The van der Waals surface area contributed by atoms with Gasteiger partial charge in [-0.15, -0.1) is 0 Å². The normalized spacial score (nSPS) is 15.2. The maximum Gasteiger partial charge on any atom is 0.253 e. The van der Waals surface area contributed by atoms with Crippen molar-refractivity contribution in [2.45, 2.75) is 39.5 Å². The molecule has 0 bridgehead atoms. The Morgan fingerprint density at radius 1 is 1.12 bits per heavy atom. The molecule has 1 heterocycles. The van der Waals surface area contributed by atoms with Crippen LogP contribution in [0.1, 0.15) is 48.2 Å². The zero-order valence-corrected chi connectivity index (χ0v) is 16.0. The summed E-state index contributed by atoms with van der Waals surface area (Å²) in [7, 11) is 2.10. The summed E-state index contributed by atoms with van der Waals surface area (Å²) in [5, 5.41) is 0. The summed E-state index contributed by atoms with van der Waals surface area (Å²) < 4.78 is 5.97. The monoisotopic (exact) mass is 344 g/mol. The third-order valence-corrected chi connectivity index (χ3v) is 4.66. The minimum absolute atomic E-state index is 0.151. The molecule has 0 radical (unpaired) electrons. The molecule has 4 heteroatoms. The Labute approximate surface area is 152 Å². The van der Waals surface area contributed by atoms with E-state index in [4.69, 9.17) is 4.74 Å². The van der Waals surface area contributed by atoms with Crippen LogP contribution in [0.25, 0.3) is 0 Å². The van der Waals surface area contributed by atoms with Gasteiger partial charge in [-0.25, -0.2) is 0 Å². The van der Waals surface area contributed by atoms with Crippen molar-refractivity contribution in [2.24, 2.45) is 0 Å². The summed E-state index contributed by atoms with van der Waals surface area (Å²) in [6.45, 7) is 12.1. The maximum atomic E-state index is 13.0. The number of rotatable bonds is 8. The van der Waals surface area contributed by atoms with Crippen LogP contribution in [0.5, 0.6) is 5.75 Å². The van der Waals surface area contributed by atoms with Crippen LogP contribution in [0.4, 0.5) is 0 Å². The molecule has 1 aromatic carbocycles. The molecule has 1 aromatic rings. The van der Waals surface area contributed by atoms with Crippen LogP contribution in [0.2, 0.25) is 0 Å². The average molecular weight is 344 g/mol. The van der Waals surface area contributed by atoms with E-state index in [9.17, 15) is 4.79 Å². The summed E-state index contributed by atoms with van der Waals surface area (Å²) in [6, 6.07) is 4.09. The first-order chi connectivity index (χ1) is 12.1. The van der Waals surface area contributed by atoms with E-state index in [0.717, 1.165) is 74.3 Å². The predicted octanol–water partition coefficient (Wildman–Crippen LogP) is 3.54. The molecule has 0 saturated carbocycles. The number of ether oxygens (including phenoxy) is 1. The van der Waals surface area contributed by atoms with Gasteiger partial charge in [-0.1, -0.05) is 39.3 Å². The highest BCUT2D eigenvalue weighted by atomic mass is 16.5. The Morgan fingerprint density at radius 3 is 2.16 bits per heavy atom. The van der Waals surface area contributed by atoms with Crippen molar-refractivity contribution < 1.29 is 9.53 Å². The lowest BCUT2D eigenvalue weighted by Gasteiger charge is -2.32. The Kier molecular flexibility index (Phi) is 7.51. The van der Waals surface area contributed by atoms with E-state index in [1.54, 1.807) is 6.08 Å². The van der Waals surface area contributed by atoms with Crippen LogP contribution in [-0.2, 0) is 12.8 Å². The number of nitrogens with zero attached hydrogens (tertiary/aromatic N) is 2. The first-order valence-corrected chi connectivity index (χ1v) is 9.48. The fourth-order valence-electron chi connectivity index (χ4n) is 3.31. The fourth-order valence-corrected chi connectivity index (χ4v) is 3.31. The number of aryl methyl sites for hydroxylation is 2. The maximum absolute atomic E-state index is 13.0. The summed E-state index contributed by atoms with van der Waals surface area (Å²) in [5.41, 5.74) is 3.10. The lowest BCUT2D eigenvalue weighted by molar-refractivity contribution is 0.0664. The lowest BCUT2D eigenvalue weighted by Crippen LogP contribution is -2.47. The SMILES string of the molecule is C=CCOc1c(CCC)cc(C(=O)N2CCN(C)CC2)cc1CCC. The van der Waals surface area contributed by atoms with Gasteiger partial charge in [-0.3, -0.25) is 4.79 Å². The third kappa shape index (κ3) is 5.08. The highest BCUT2D eigenvalue weighted by molar-refractivity contribution is 5.95. The molecule has 0 aliphatic carbocycles. The topological polar surface area (TPSA) is 32.8 Å². The molecule has 2 rings (SSSR count). The van der Waals surface area contributed by atoms with Crippen LogP contribution in [0.3, 0.4) is 0 Å². The van der Waals surface area contributed by atoms with Gasteiger partial charge in [0, 0.05) is 31.7 Å². The van der Waals surface area contributed by atoms with E-state index >= 15 is 0 Å². The number of hydrogen-bond acceptors (Lipinski definition) is 3. The Morgan fingerprint density at radius 2 is 1.68 bits per heavy atom. The number of carbonyl (C=O) groups excluding carboxylic acids is 1. The number of amides is 1. The fraction of sp³-hybridized carbons (Fsp3) is 0.571. The van der Waals surface area contributed by atoms with Crippen LogP contribution in [0.15, 0.2) is 24.8 Å². The Hall–Kier alpha value is -1.81. The van der Waals surface area contributed by atoms with E-state index < -0.39 is 0 Å². The summed E-state index contributed by atoms with van der Waals surface area (Å²) >= 11 is 0. The molecule has 25 heavy (non-hydrogen) atoms. The predicted molar refractivity (Wildman–Crippen MR) is 104 cm³/mol. The molecule has 1 amide bonds. The Balaban J connectivity index is 2.33. The van der Waals surface area contributed by atoms with Crippen molar-refractivity contribution in [3.63, 3.8) is 0 Å². The van der Waals surface area contributed by atoms with Gasteiger partial charge in [-0.2, -0.15) is 0 Å². The molecule has 0 aromatic heterocycles. The number of piperazine rings is 1. The minimum Gasteiger partial charge on any atom is -0.489 e. The average Bonchev–Trinajstić information content (AvgIpc) is 2.61. The van der Waals surface area contributed by atoms with Crippen LogP contribution in [-0.4, -0.2) is 55.5 Å². The second-order valence-electron chi connectivity index (χ2n) is 6.82. The summed E-state index contributed by atoms with van der Waals surface area (Å²) in [5.74, 6) is 1.11. The molecule has 138 valence electrons. The molecular weight excluding hydrogens is 312 g/mol. The first kappa shape index (κ1) is 19.5. The van der Waals surface area contributed by atoms with Crippen molar-refractivity contribution in [2.75, 3.05) is 39.8 Å². The van der Waals surface area contributed by atoms with Gasteiger partial charge in [0.2, 0.25) is 0 Å². The number of hydrogen-bond donors (Lipinski definition) is 0. The molecule has 4 nitrogen and oxygen atoms in total. The Bertz CT molecular complexity index is 563. The van der Waals surface area contributed by atoms with Gasteiger partial charge < -0.3 is 14.5 Å². The molecule has 1 aliphatic rings. The second-order valence-corrected chi connectivity index (χ2v) is 6.82. The minimum atomic E-state index is 0.151. The van der Waals surface area contributed by atoms with Crippen LogP contribution < -0.4 is 4.74 Å². The van der Waals surface area contributed by atoms with E-state index in [1.165, 1.54) is 0 Å². The zero-order valence-electron chi connectivity index (χ0n) is 16.0. The van der Waals surface area contributed by atoms with Gasteiger partial charge in [0.15, 0.2) is 0 Å². The molecule has 1 aliphatic heterocycles. The van der Waals surface area contributed by atoms with Crippen molar-refractivity contribution in [1.29, 1.82) is 0 Å². The largest absolute Gasteiger partial charge is 0.489 e. The zero-order chi connectivity index (χ0) is 18.2. The van der Waals surface area contributed by atoms with Gasteiger partial charge in [0.05, 0.1) is 0 Å². The first-order valence-electron chi connectivity index (χ1n) is 9.48.